The van der Waals surface area contributed by atoms with Gasteiger partial charge >= 0.3 is 17.8 Å². The van der Waals surface area contributed by atoms with Crippen LogP contribution in [0.15, 0.2) is 9.59 Å². The SMILES string of the molecule is CC#CCn1c(N2CCNCC2)nc2c1c(=O)n(C)c(=O)n2CC(C)(C)COC(=O)C(F)(F)F. The Morgan fingerprint density at radius 2 is 1.82 bits per heavy atom. The summed E-state index contributed by atoms with van der Waals surface area (Å²) in [5.74, 6) is 3.90. The Labute approximate surface area is 193 Å². The number of ether oxygens (including phenoxy) is 1. The molecule has 0 aliphatic carbocycles. The van der Waals surface area contributed by atoms with Crippen molar-refractivity contribution in [3.8, 4) is 11.8 Å². The standard InChI is InChI=1S/C21H27F3N6O4/c1-5-6-9-29-14-15(26-18(29)28-10-7-25-8-11-28)30(19(33)27(4)16(14)31)12-20(2,3)13-34-17(32)21(22,23)24/h25H,7-13H2,1-4H3. The van der Waals surface area contributed by atoms with E-state index in [-0.39, 0.29) is 24.3 Å². The number of imidazole rings is 1. The fourth-order valence-electron chi connectivity index (χ4n) is 3.72. The number of rotatable bonds is 6. The molecule has 3 heterocycles. The van der Waals surface area contributed by atoms with Crippen molar-refractivity contribution in [2.45, 2.75) is 40.0 Å². The minimum absolute atomic E-state index is 0.106. The van der Waals surface area contributed by atoms with Crippen molar-refractivity contribution in [2.75, 3.05) is 37.7 Å². The van der Waals surface area contributed by atoms with Crippen LogP contribution >= 0.6 is 0 Å². The van der Waals surface area contributed by atoms with Crippen LogP contribution in [-0.2, 0) is 29.7 Å². The summed E-state index contributed by atoms with van der Waals surface area (Å²) in [6, 6.07) is 0. The first-order valence-corrected chi connectivity index (χ1v) is 10.7. The molecule has 1 saturated heterocycles. The third-order valence-electron chi connectivity index (χ3n) is 5.44. The van der Waals surface area contributed by atoms with Crippen LogP contribution in [0.5, 0.6) is 0 Å². The molecule has 2 aromatic rings. The molecule has 1 aliphatic rings. The lowest BCUT2D eigenvalue weighted by Gasteiger charge is -2.28. The van der Waals surface area contributed by atoms with Crippen molar-refractivity contribution >= 4 is 23.1 Å². The van der Waals surface area contributed by atoms with Crippen LogP contribution in [0.3, 0.4) is 0 Å². The smallest absolute Gasteiger partial charge is 0.458 e. The Kier molecular flexibility index (Phi) is 7.11. The first-order chi connectivity index (χ1) is 15.9. The van der Waals surface area contributed by atoms with Crippen molar-refractivity contribution in [3.05, 3.63) is 20.8 Å². The van der Waals surface area contributed by atoms with Crippen LogP contribution < -0.4 is 21.5 Å². The predicted molar refractivity (Wildman–Crippen MR) is 119 cm³/mol. The number of carbonyl (C=O) groups is 1. The molecule has 0 saturated carbocycles. The molecule has 1 fully saturated rings. The van der Waals surface area contributed by atoms with Crippen LogP contribution in [0.25, 0.3) is 11.2 Å². The molecule has 3 rings (SSSR count). The maximum atomic E-state index is 13.1. The van der Waals surface area contributed by atoms with Crippen LogP contribution in [0.1, 0.15) is 20.8 Å². The second-order valence-corrected chi connectivity index (χ2v) is 8.80. The number of carbonyl (C=O) groups excluding carboxylic acids is 1. The highest BCUT2D eigenvalue weighted by molar-refractivity contribution is 5.76. The number of piperazine rings is 1. The van der Waals surface area contributed by atoms with E-state index in [1.807, 2.05) is 4.90 Å². The molecule has 13 heteroatoms. The maximum absolute atomic E-state index is 13.1. The Morgan fingerprint density at radius 3 is 2.41 bits per heavy atom. The summed E-state index contributed by atoms with van der Waals surface area (Å²) < 4.78 is 45.9. The van der Waals surface area contributed by atoms with Crippen LogP contribution in [0.2, 0.25) is 0 Å². The van der Waals surface area contributed by atoms with Crippen LogP contribution in [0.4, 0.5) is 19.1 Å². The minimum atomic E-state index is -5.12. The van der Waals surface area contributed by atoms with Gasteiger partial charge in [0.05, 0.1) is 13.2 Å². The van der Waals surface area contributed by atoms with Crippen LogP contribution in [-0.4, -0.2) is 63.6 Å². The zero-order valence-electron chi connectivity index (χ0n) is 19.5. The molecule has 0 atom stereocenters. The van der Waals surface area contributed by atoms with E-state index < -0.39 is 35.4 Å². The van der Waals surface area contributed by atoms with E-state index in [9.17, 15) is 27.6 Å². The molecule has 0 radical (unpaired) electrons. The van der Waals surface area contributed by atoms with E-state index in [0.29, 0.717) is 32.1 Å². The highest BCUT2D eigenvalue weighted by Crippen LogP contribution is 2.25. The molecular formula is C21H27F3N6O4. The molecule has 0 aromatic carbocycles. The van der Waals surface area contributed by atoms with Gasteiger partial charge in [-0.15, -0.1) is 5.92 Å². The van der Waals surface area contributed by atoms with Gasteiger partial charge < -0.3 is 15.0 Å². The van der Waals surface area contributed by atoms with Gasteiger partial charge in [-0.1, -0.05) is 19.8 Å². The average molecular weight is 484 g/mol. The highest BCUT2D eigenvalue weighted by Gasteiger charge is 2.42. The lowest BCUT2D eigenvalue weighted by molar-refractivity contribution is -0.202. The fraction of sp³-hybridized carbons (Fsp3) is 0.619. The number of alkyl halides is 3. The number of hydrogen-bond acceptors (Lipinski definition) is 7. The number of anilines is 1. The second-order valence-electron chi connectivity index (χ2n) is 8.80. The van der Waals surface area contributed by atoms with Gasteiger partial charge in [-0.2, -0.15) is 18.2 Å². The summed E-state index contributed by atoms with van der Waals surface area (Å²) in [6.07, 6.45) is -5.12. The van der Waals surface area contributed by atoms with Gasteiger partial charge in [0.15, 0.2) is 11.2 Å². The molecule has 0 unspecified atom stereocenters. The molecule has 10 nitrogen and oxygen atoms in total. The third-order valence-corrected chi connectivity index (χ3v) is 5.44. The van der Waals surface area contributed by atoms with Crippen molar-refractivity contribution in [3.63, 3.8) is 0 Å². The van der Waals surface area contributed by atoms with E-state index in [0.717, 1.165) is 4.57 Å². The van der Waals surface area contributed by atoms with Gasteiger partial charge in [-0.05, 0) is 6.92 Å². The fourth-order valence-corrected chi connectivity index (χ4v) is 3.72. The Balaban J connectivity index is 2.12. The number of hydrogen-bond donors (Lipinski definition) is 1. The molecular weight excluding hydrogens is 457 g/mol. The van der Waals surface area contributed by atoms with E-state index in [1.165, 1.54) is 11.6 Å². The first-order valence-electron chi connectivity index (χ1n) is 10.7. The van der Waals surface area contributed by atoms with Gasteiger partial charge in [-0.25, -0.2) is 9.59 Å². The zero-order valence-corrected chi connectivity index (χ0v) is 19.5. The molecule has 1 N–H and O–H groups in total. The zero-order chi connectivity index (χ0) is 25.3. The number of esters is 1. The van der Waals surface area contributed by atoms with Crippen molar-refractivity contribution in [1.82, 2.24) is 24.0 Å². The number of aromatic nitrogens is 4. The monoisotopic (exact) mass is 484 g/mol. The number of nitrogens with zero attached hydrogens (tertiary/aromatic N) is 5. The third kappa shape index (κ3) is 5.11. The summed E-state index contributed by atoms with van der Waals surface area (Å²) in [6.45, 7) is 6.91. The molecule has 0 amide bonds. The summed E-state index contributed by atoms with van der Waals surface area (Å²) in [7, 11) is 1.32. The Bertz CT molecular complexity index is 1260. The largest absolute Gasteiger partial charge is 0.490 e. The van der Waals surface area contributed by atoms with E-state index in [4.69, 9.17) is 0 Å². The van der Waals surface area contributed by atoms with Gasteiger partial charge in [0.2, 0.25) is 5.95 Å². The van der Waals surface area contributed by atoms with Gasteiger partial charge in [-0.3, -0.25) is 18.5 Å². The minimum Gasteiger partial charge on any atom is -0.458 e. The molecule has 186 valence electrons. The summed E-state index contributed by atoms with van der Waals surface area (Å²) in [5, 5.41) is 3.24. The number of halogens is 3. The molecule has 2 aromatic heterocycles. The summed E-state index contributed by atoms with van der Waals surface area (Å²) in [4.78, 5) is 43.9. The molecule has 34 heavy (non-hydrogen) atoms. The van der Waals surface area contributed by atoms with Gasteiger partial charge in [0, 0.05) is 45.2 Å². The molecule has 0 bridgehead atoms. The van der Waals surface area contributed by atoms with Crippen molar-refractivity contribution in [2.24, 2.45) is 12.5 Å². The van der Waals surface area contributed by atoms with E-state index in [2.05, 4.69) is 26.9 Å². The van der Waals surface area contributed by atoms with Crippen LogP contribution in [0, 0.1) is 17.3 Å². The first kappa shape index (κ1) is 25.4. The van der Waals surface area contributed by atoms with E-state index >= 15 is 0 Å². The summed E-state index contributed by atoms with van der Waals surface area (Å²) >= 11 is 0. The predicted octanol–water partition coefficient (Wildman–Crippen LogP) is 0.461. The van der Waals surface area contributed by atoms with E-state index in [1.54, 1.807) is 25.3 Å². The molecule has 0 spiro atoms. The normalized spacial score (nSPS) is 14.7. The van der Waals surface area contributed by atoms with Crippen molar-refractivity contribution < 1.29 is 22.7 Å². The second kappa shape index (κ2) is 9.54. The van der Waals surface area contributed by atoms with Gasteiger partial charge in [0.25, 0.3) is 5.56 Å². The topological polar surface area (TPSA) is 103 Å². The lowest BCUT2D eigenvalue weighted by atomic mass is 9.94. The van der Waals surface area contributed by atoms with Gasteiger partial charge in [0.1, 0.15) is 0 Å². The average Bonchev–Trinajstić information content (AvgIpc) is 3.17. The number of nitrogens with one attached hydrogen (secondary N) is 1. The highest BCUT2D eigenvalue weighted by atomic mass is 19.4. The lowest BCUT2D eigenvalue weighted by Crippen LogP contribution is -2.44. The Hall–Kier alpha value is -3.27. The summed E-state index contributed by atoms with van der Waals surface area (Å²) in [5.41, 5.74) is -2.02. The maximum Gasteiger partial charge on any atom is 0.490 e. The number of fused-ring (bicyclic) bond motifs is 1. The Morgan fingerprint density at radius 1 is 1.18 bits per heavy atom. The van der Waals surface area contributed by atoms with Crippen molar-refractivity contribution in [1.29, 1.82) is 0 Å². The quantitative estimate of drug-likeness (QED) is 0.470. The molecule has 1 aliphatic heterocycles.